The van der Waals surface area contributed by atoms with Crippen LogP contribution in [0.15, 0.2) is 18.2 Å². The molecule has 22 heavy (non-hydrogen) atoms. The van der Waals surface area contributed by atoms with E-state index in [2.05, 4.69) is 28.4 Å². The highest BCUT2D eigenvalue weighted by atomic mass is 35.5. The lowest BCUT2D eigenvalue weighted by Crippen LogP contribution is -2.31. The summed E-state index contributed by atoms with van der Waals surface area (Å²) in [5, 5.41) is 3.44. The molecule has 0 aromatic heterocycles. The van der Waals surface area contributed by atoms with E-state index >= 15 is 0 Å². The van der Waals surface area contributed by atoms with Crippen LogP contribution in [0, 0.1) is 0 Å². The zero-order valence-corrected chi connectivity index (χ0v) is 14.8. The van der Waals surface area contributed by atoms with E-state index in [1.54, 1.807) is 0 Å². The van der Waals surface area contributed by atoms with Gasteiger partial charge in [-0.2, -0.15) is 0 Å². The predicted molar refractivity (Wildman–Crippen MR) is 96.8 cm³/mol. The zero-order valence-electron chi connectivity index (χ0n) is 13.2. The number of ether oxygens (including phenoxy) is 1. The summed E-state index contributed by atoms with van der Waals surface area (Å²) < 4.78 is 6.03. The first kappa shape index (κ1) is 19.6. The highest BCUT2D eigenvalue weighted by Crippen LogP contribution is 2.25. The number of hydrogen-bond donors (Lipinski definition) is 1. The molecular formula is C17H28Cl2N2O. The Bertz CT molecular complexity index is 437. The topological polar surface area (TPSA) is 24.5 Å². The molecule has 2 aliphatic heterocycles. The van der Waals surface area contributed by atoms with E-state index in [1.807, 2.05) is 0 Å². The Balaban J connectivity index is 0.00000121. The summed E-state index contributed by atoms with van der Waals surface area (Å²) in [5.74, 6) is 1.09. The van der Waals surface area contributed by atoms with Gasteiger partial charge in [-0.15, -0.1) is 24.8 Å². The van der Waals surface area contributed by atoms with Gasteiger partial charge >= 0.3 is 0 Å². The van der Waals surface area contributed by atoms with Gasteiger partial charge in [-0.3, -0.25) is 0 Å². The zero-order chi connectivity index (χ0) is 13.6. The van der Waals surface area contributed by atoms with Gasteiger partial charge in [0.1, 0.15) is 5.75 Å². The van der Waals surface area contributed by atoms with Crippen LogP contribution in [0.2, 0.25) is 0 Å². The Kier molecular flexibility index (Phi) is 9.18. The van der Waals surface area contributed by atoms with Crippen molar-refractivity contribution in [2.45, 2.75) is 38.6 Å². The third-order valence-electron chi connectivity index (χ3n) is 4.43. The molecule has 1 saturated heterocycles. The summed E-state index contributed by atoms with van der Waals surface area (Å²) in [6.07, 6.45) is 6.42. The highest BCUT2D eigenvalue weighted by molar-refractivity contribution is 5.85. The lowest BCUT2D eigenvalue weighted by molar-refractivity contribution is 0.204. The Morgan fingerprint density at radius 3 is 2.73 bits per heavy atom. The van der Waals surface area contributed by atoms with Crippen LogP contribution in [-0.4, -0.2) is 37.7 Å². The van der Waals surface area contributed by atoms with E-state index in [0.717, 1.165) is 38.3 Å². The molecule has 0 amide bonds. The van der Waals surface area contributed by atoms with Crippen molar-refractivity contribution in [3.63, 3.8) is 0 Å². The van der Waals surface area contributed by atoms with Crippen molar-refractivity contribution in [2.24, 2.45) is 0 Å². The molecule has 1 fully saturated rings. The van der Waals surface area contributed by atoms with Crippen LogP contribution in [0.5, 0.6) is 5.75 Å². The van der Waals surface area contributed by atoms with Crippen LogP contribution < -0.4 is 10.1 Å². The first-order valence-electron chi connectivity index (χ1n) is 8.10. The molecule has 3 rings (SSSR count). The molecule has 1 N–H and O–H groups in total. The standard InChI is InChI=1S/C17H26N2O.2ClH/c1-2-10-19(11-3-1)12-5-13-20-17-7-4-6-15-8-9-18-14-16(15)17;;/h4,6-7,18H,1-3,5,8-14H2;2*1H. The second kappa shape index (κ2) is 10.3. The third-order valence-corrected chi connectivity index (χ3v) is 4.43. The van der Waals surface area contributed by atoms with Crippen molar-refractivity contribution in [1.82, 2.24) is 10.2 Å². The Morgan fingerprint density at radius 1 is 1.09 bits per heavy atom. The molecule has 0 bridgehead atoms. The molecular weight excluding hydrogens is 319 g/mol. The number of rotatable bonds is 5. The van der Waals surface area contributed by atoms with Gasteiger partial charge < -0.3 is 15.0 Å². The van der Waals surface area contributed by atoms with Crippen LogP contribution in [-0.2, 0) is 13.0 Å². The van der Waals surface area contributed by atoms with Gasteiger partial charge in [-0.1, -0.05) is 18.6 Å². The fourth-order valence-electron chi connectivity index (χ4n) is 3.27. The normalized spacial score (nSPS) is 17.8. The van der Waals surface area contributed by atoms with Gasteiger partial charge in [0.2, 0.25) is 0 Å². The van der Waals surface area contributed by atoms with Gasteiger partial charge in [0, 0.05) is 18.7 Å². The number of halogens is 2. The number of benzene rings is 1. The Hall–Kier alpha value is -0.480. The molecule has 0 saturated carbocycles. The summed E-state index contributed by atoms with van der Waals surface area (Å²) in [6.45, 7) is 6.64. The van der Waals surface area contributed by atoms with Gasteiger partial charge in [-0.05, 0) is 56.9 Å². The minimum Gasteiger partial charge on any atom is -0.493 e. The molecule has 0 radical (unpaired) electrons. The molecule has 1 aromatic carbocycles. The van der Waals surface area contributed by atoms with Crippen LogP contribution in [0.1, 0.15) is 36.8 Å². The smallest absolute Gasteiger partial charge is 0.124 e. The van der Waals surface area contributed by atoms with Gasteiger partial charge in [-0.25, -0.2) is 0 Å². The first-order chi connectivity index (χ1) is 9.93. The molecule has 0 spiro atoms. The van der Waals surface area contributed by atoms with Crippen molar-refractivity contribution in [3.8, 4) is 5.75 Å². The first-order valence-corrected chi connectivity index (χ1v) is 8.10. The SMILES string of the molecule is Cl.Cl.c1cc2c(c(OCCCN3CCCCC3)c1)CNCC2. The van der Waals surface area contributed by atoms with Crippen molar-refractivity contribution in [3.05, 3.63) is 29.3 Å². The fraction of sp³-hybridized carbons (Fsp3) is 0.647. The summed E-state index contributed by atoms with van der Waals surface area (Å²) >= 11 is 0. The van der Waals surface area contributed by atoms with Crippen molar-refractivity contribution in [2.75, 3.05) is 32.8 Å². The van der Waals surface area contributed by atoms with E-state index in [0.29, 0.717) is 0 Å². The largest absolute Gasteiger partial charge is 0.493 e. The van der Waals surface area contributed by atoms with E-state index in [9.17, 15) is 0 Å². The maximum absolute atomic E-state index is 6.03. The molecule has 126 valence electrons. The van der Waals surface area contributed by atoms with Crippen LogP contribution in [0.3, 0.4) is 0 Å². The molecule has 2 aliphatic rings. The molecule has 0 atom stereocenters. The number of nitrogens with one attached hydrogen (secondary N) is 1. The van der Waals surface area contributed by atoms with Crippen LogP contribution in [0.25, 0.3) is 0 Å². The minimum absolute atomic E-state index is 0. The lowest BCUT2D eigenvalue weighted by atomic mass is 10.0. The quantitative estimate of drug-likeness (QED) is 0.826. The summed E-state index contributed by atoms with van der Waals surface area (Å²) in [7, 11) is 0. The number of likely N-dealkylation sites (tertiary alicyclic amines) is 1. The van der Waals surface area contributed by atoms with Crippen LogP contribution in [0.4, 0.5) is 0 Å². The van der Waals surface area contributed by atoms with Gasteiger partial charge in [0.15, 0.2) is 0 Å². The predicted octanol–water partition coefficient (Wildman–Crippen LogP) is 3.43. The number of piperidine rings is 1. The number of hydrogen-bond acceptors (Lipinski definition) is 3. The summed E-state index contributed by atoms with van der Waals surface area (Å²) in [4.78, 5) is 2.58. The Morgan fingerprint density at radius 2 is 1.91 bits per heavy atom. The van der Waals surface area contributed by atoms with Gasteiger partial charge in [0.05, 0.1) is 6.61 Å². The third kappa shape index (κ3) is 5.31. The Labute approximate surface area is 146 Å². The minimum atomic E-state index is 0. The average Bonchev–Trinajstić information content (AvgIpc) is 2.53. The highest BCUT2D eigenvalue weighted by Gasteiger charge is 2.13. The van der Waals surface area contributed by atoms with E-state index in [4.69, 9.17) is 4.74 Å². The molecule has 0 unspecified atom stereocenters. The molecule has 1 aromatic rings. The lowest BCUT2D eigenvalue weighted by Gasteiger charge is -2.26. The van der Waals surface area contributed by atoms with Crippen molar-refractivity contribution >= 4 is 24.8 Å². The van der Waals surface area contributed by atoms with E-state index < -0.39 is 0 Å². The second-order valence-electron chi connectivity index (χ2n) is 5.92. The van der Waals surface area contributed by atoms with E-state index in [1.165, 1.54) is 50.0 Å². The monoisotopic (exact) mass is 346 g/mol. The van der Waals surface area contributed by atoms with Gasteiger partial charge in [0.25, 0.3) is 0 Å². The summed E-state index contributed by atoms with van der Waals surface area (Å²) in [6, 6.07) is 6.48. The van der Waals surface area contributed by atoms with Crippen molar-refractivity contribution < 1.29 is 4.74 Å². The molecule has 2 heterocycles. The average molecular weight is 347 g/mol. The van der Waals surface area contributed by atoms with Crippen molar-refractivity contribution in [1.29, 1.82) is 0 Å². The molecule has 3 nitrogen and oxygen atoms in total. The molecule has 0 aliphatic carbocycles. The fourth-order valence-corrected chi connectivity index (χ4v) is 3.27. The summed E-state index contributed by atoms with van der Waals surface area (Å²) in [5.41, 5.74) is 2.83. The number of fused-ring (bicyclic) bond motifs is 1. The number of nitrogens with zero attached hydrogens (tertiary/aromatic N) is 1. The molecule has 5 heteroatoms. The maximum atomic E-state index is 6.03. The second-order valence-corrected chi connectivity index (χ2v) is 5.92. The van der Waals surface area contributed by atoms with Crippen LogP contribution >= 0.6 is 24.8 Å². The van der Waals surface area contributed by atoms with E-state index in [-0.39, 0.29) is 24.8 Å². The maximum Gasteiger partial charge on any atom is 0.124 e.